The molecule has 1 aromatic rings. The van der Waals surface area contributed by atoms with E-state index in [2.05, 4.69) is 0 Å². The van der Waals surface area contributed by atoms with E-state index in [-0.39, 0.29) is 5.56 Å². The molecular weight excluding hydrogens is 206 g/mol. The molecule has 82 valence electrons. The Morgan fingerprint density at radius 3 is 2.53 bits per heavy atom. The smallest absolute Gasteiger partial charge is 0.333 e. The number of aliphatic carboxylic acids is 1. The molecule has 3 nitrogen and oxygen atoms in total. The Kier molecular flexibility index (Phi) is 3.36. The summed E-state index contributed by atoms with van der Waals surface area (Å²) in [6.07, 6.45) is -1.75. The van der Waals surface area contributed by atoms with Gasteiger partial charge in [0.25, 0.3) is 0 Å². The largest absolute Gasteiger partial charge is 0.479 e. The molecule has 0 saturated heterocycles. The van der Waals surface area contributed by atoms with Gasteiger partial charge >= 0.3 is 5.97 Å². The van der Waals surface area contributed by atoms with Crippen LogP contribution in [-0.4, -0.2) is 22.3 Å². The van der Waals surface area contributed by atoms with Gasteiger partial charge in [0, 0.05) is 5.92 Å². The summed E-state index contributed by atoms with van der Waals surface area (Å²) in [5.41, 5.74) is -0.148. The molecule has 5 heteroatoms. The van der Waals surface area contributed by atoms with Gasteiger partial charge in [-0.25, -0.2) is 13.6 Å². The lowest BCUT2D eigenvalue weighted by Gasteiger charge is -2.15. The molecule has 15 heavy (non-hydrogen) atoms. The predicted octanol–water partition coefficient (Wildman–Crippen LogP) is 1.51. The van der Waals surface area contributed by atoms with Crippen molar-refractivity contribution in [3.63, 3.8) is 0 Å². The van der Waals surface area contributed by atoms with Crippen molar-refractivity contribution in [2.45, 2.75) is 18.9 Å². The maximum absolute atomic E-state index is 13.2. The van der Waals surface area contributed by atoms with Crippen LogP contribution in [0.3, 0.4) is 0 Å². The van der Waals surface area contributed by atoms with Gasteiger partial charge in [0.1, 0.15) is 0 Å². The number of aliphatic hydroxyl groups is 1. The molecule has 0 bridgehead atoms. The number of hydrogen-bond acceptors (Lipinski definition) is 2. The summed E-state index contributed by atoms with van der Waals surface area (Å²) in [6, 6.07) is 3.44. The van der Waals surface area contributed by atoms with Gasteiger partial charge in [-0.05, 0) is 11.6 Å². The van der Waals surface area contributed by atoms with Crippen molar-refractivity contribution in [3.05, 3.63) is 35.4 Å². The van der Waals surface area contributed by atoms with Crippen molar-refractivity contribution < 1.29 is 23.8 Å². The molecule has 1 aromatic carbocycles. The van der Waals surface area contributed by atoms with Crippen molar-refractivity contribution in [1.29, 1.82) is 0 Å². The second-order valence-corrected chi connectivity index (χ2v) is 3.21. The molecule has 0 aliphatic heterocycles. The predicted molar refractivity (Wildman–Crippen MR) is 48.4 cm³/mol. The Morgan fingerprint density at radius 2 is 2.00 bits per heavy atom. The van der Waals surface area contributed by atoms with E-state index >= 15 is 0 Å². The van der Waals surface area contributed by atoms with Crippen LogP contribution in [0, 0.1) is 11.6 Å². The van der Waals surface area contributed by atoms with Crippen LogP contribution < -0.4 is 0 Å². The second-order valence-electron chi connectivity index (χ2n) is 3.21. The molecular formula is C10H10F2O3. The zero-order chi connectivity index (χ0) is 11.6. The molecule has 2 atom stereocenters. The normalized spacial score (nSPS) is 14.7. The molecule has 0 aliphatic rings. The van der Waals surface area contributed by atoms with Crippen molar-refractivity contribution in [3.8, 4) is 0 Å². The van der Waals surface area contributed by atoms with E-state index in [1.165, 1.54) is 19.1 Å². The summed E-state index contributed by atoms with van der Waals surface area (Å²) in [4.78, 5) is 10.4. The Balaban J connectivity index is 3.06. The summed E-state index contributed by atoms with van der Waals surface area (Å²) >= 11 is 0. The molecule has 0 saturated carbocycles. The van der Waals surface area contributed by atoms with E-state index in [0.29, 0.717) is 0 Å². The highest BCUT2D eigenvalue weighted by atomic mass is 19.2. The monoisotopic (exact) mass is 216 g/mol. The zero-order valence-electron chi connectivity index (χ0n) is 7.95. The minimum absolute atomic E-state index is 0.148. The summed E-state index contributed by atoms with van der Waals surface area (Å²) in [5.74, 6) is -4.65. The first-order valence-corrected chi connectivity index (χ1v) is 4.30. The molecule has 0 aromatic heterocycles. The first kappa shape index (κ1) is 11.6. The van der Waals surface area contributed by atoms with Crippen LogP contribution in [0.2, 0.25) is 0 Å². The third-order valence-electron chi connectivity index (χ3n) is 2.20. The van der Waals surface area contributed by atoms with Gasteiger partial charge in [-0.2, -0.15) is 0 Å². The molecule has 0 heterocycles. The highest BCUT2D eigenvalue weighted by Crippen LogP contribution is 2.23. The maximum Gasteiger partial charge on any atom is 0.333 e. The lowest BCUT2D eigenvalue weighted by Crippen LogP contribution is -2.26. The average Bonchev–Trinajstić information content (AvgIpc) is 2.20. The third kappa shape index (κ3) is 2.30. The van der Waals surface area contributed by atoms with E-state index in [0.717, 1.165) is 6.07 Å². The minimum Gasteiger partial charge on any atom is -0.479 e. The highest BCUT2D eigenvalue weighted by Gasteiger charge is 2.26. The fourth-order valence-electron chi connectivity index (χ4n) is 1.26. The number of carbonyl (C=O) groups is 1. The summed E-state index contributed by atoms with van der Waals surface area (Å²) in [5, 5.41) is 17.7. The topological polar surface area (TPSA) is 57.5 Å². The van der Waals surface area contributed by atoms with E-state index in [4.69, 9.17) is 5.11 Å². The van der Waals surface area contributed by atoms with Crippen LogP contribution in [0.15, 0.2) is 18.2 Å². The minimum atomic E-state index is -1.75. The van der Waals surface area contributed by atoms with E-state index < -0.39 is 29.6 Å². The Morgan fingerprint density at radius 1 is 1.40 bits per heavy atom. The van der Waals surface area contributed by atoms with Crippen LogP contribution in [0.4, 0.5) is 8.78 Å². The Labute approximate surface area is 85.0 Å². The van der Waals surface area contributed by atoms with Crippen molar-refractivity contribution in [2.75, 3.05) is 0 Å². The van der Waals surface area contributed by atoms with Gasteiger partial charge in [-0.1, -0.05) is 19.1 Å². The molecule has 0 spiro atoms. The third-order valence-corrected chi connectivity index (χ3v) is 2.20. The van der Waals surface area contributed by atoms with Crippen LogP contribution in [-0.2, 0) is 4.79 Å². The lowest BCUT2D eigenvalue weighted by molar-refractivity contribution is -0.147. The average molecular weight is 216 g/mol. The van der Waals surface area contributed by atoms with E-state index in [1.54, 1.807) is 0 Å². The fourth-order valence-corrected chi connectivity index (χ4v) is 1.26. The number of rotatable bonds is 3. The first-order chi connectivity index (χ1) is 6.95. The summed E-state index contributed by atoms with van der Waals surface area (Å²) in [7, 11) is 0. The van der Waals surface area contributed by atoms with Gasteiger partial charge in [0.2, 0.25) is 0 Å². The van der Waals surface area contributed by atoms with Gasteiger partial charge in [0.05, 0.1) is 0 Å². The molecule has 0 radical (unpaired) electrons. The number of aliphatic hydroxyl groups excluding tert-OH is 1. The van der Waals surface area contributed by atoms with Crippen LogP contribution >= 0.6 is 0 Å². The Hall–Kier alpha value is -1.49. The van der Waals surface area contributed by atoms with E-state index in [9.17, 15) is 18.7 Å². The second kappa shape index (κ2) is 4.35. The molecule has 0 fully saturated rings. The molecule has 0 aliphatic carbocycles. The zero-order valence-corrected chi connectivity index (χ0v) is 7.95. The van der Waals surface area contributed by atoms with E-state index in [1.807, 2.05) is 0 Å². The van der Waals surface area contributed by atoms with Crippen molar-refractivity contribution in [1.82, 2.24) is 0 Å². The quantitative estimate of drug-likeness (QED) is 0.805. The van der Waals surface area contributed by atoms with Gasteiger partial charge < -0.3 is 10.2 Å². The number of halogens is 2. The van der Waals surface area contributed by atoms with Crippen LogP contribution in [0.25, 0.3) is 0 Å². The van der Waals surface area contributed by atoms with Crippen molar-refractivity contribution >= 4 is 5.97 Å². The number of benzene rings is 1. The number of hydrogen-bond donors (Lipinski definition) is 2. The van der Waals surface area contributed by atoms with Crippen LogP contribution in [0.1, 0.15) is 18.4 Å². The summed E-state index contributed by atoms with van der Waals surface area (Å²) < 4.78 is 26.0. The standard InChI is InChI=1S/C10H10F2O3/c1-5(9(13)10(14)15)6-3-2-4-7(11)8(6)12/h2-5,9,13H,1H3,(H,14,15). The SMILES string of the molecule is CC(c1cccc(F)c1F)C(O)C(=O)O. The first-order valence-electron chi connectivity index (χ1n) is 4.30. The summed E-state index contributed by atoms with van der Waals surface area (Å²) in [6.45, 7) is 1.32. The van der Waals surface area contributed by atoms with Crippen molar-refractivity contribution in [2.24, 2.45) is 0 Å². The van der Waals surface area contributed by atoms with Crippen LogP contribution in [0.5, 0.6) is 0 Å². The molecule has 1 rings (SSSR count). The highest BCUT2D eigenvalue weighted by molar-refractivity contribution is 5.73. The molecule has 2 N–H and O–H groups in total. The maximum atomic E-state index is 13.2. The van der Waals surface area contributed by atoms with Gasteiger partial charge in [0.15, 0.2) is 17.7 Å². The number of carboxylic acids is 1. The fraction of sp³-hybridized carbons (Fsp3) is 0.300. The Bertz CT molecular complexity index is 379. The van der Waals surface area contributed by atoms with Gasteiger partial charge in [-0.3, -0.25) is 0 Å². The molecule has 2 unspecified atom stereocenters. The van der Waals surface area contributed by atoms with Gasteiger partial charge in [-0.15, -0.1) is 0 Å². The molecule has 0 amide bonds. The number of carboxylic acid groups (broad SMARTS) is 1. The lowest BCUT2D eigenvalue weighted by atomic mass is 9.95.